The molecule has 0 unspecified atom stereocenters. The first-order valence-corrected chi connectivity index (χ1v) is 8.40. The number of aromatic hydroxyl groups is 1. The van der Waals surface area contributed by atoms with E-state index in [1.807, 2.05) is 0 Å². The summed E-state index contributed by atoms with van der Waals surface area (Å²) < 4.78 is 15.9. The topological polar surface area (TPSA) is 103 Å². The van der Waals surface area contributed by atoms with Crippen LogP contribution in [-0.2, 0) is 0 Å². The molecule has 0 saturated heterocycles. The Balaban J connectivity index is 1.80. The van der Waals surface area contributed by atoms with Gasteiger partial charge < -0.3 is 24.6 Å². The number of nitrogens with one attached hydrogen (secondary N) is 1. The Hall–Kier alpha value is -3.52. The summed E-state index contributed by atoms with van der Waals surface area (Å²) in [7, 11) is 2.99. The molecule has 2 N–H and O–H groups in total. The van der Waals surface area contributed by atoms with Crippen LogP contribution in [0.1, 0.15) is 10.4 Å². The quantitative estimate of drug-likeness (QED) is 0.645. The number of rotatable bonds is 6. The third-order valence-corrected chi connectivity index (χ3v) is 4.03. The predicted octanol–water partition coefficient (Wildman–Crippen LogP) is 3.90. The summed E-state index contributed by atoms with van der Waals surface area (Å²) in [6.45, 7) is 0. The molecular weight excluding hydrogens is 386 g/mol. The Morgan fingerprint density at radius 1 is 1.04 bits per heavy atom. The molecule has 0 aliphatic heterocycles. The maximum atomic E-state index is 12.5. The first-order chi connectivity index (χ1) is 13.5. The number of benzene rings is 2. The molecule has 0 atom stereocenters. The van der Waals surface area contributed by atoms with Gasteiger partial charge in [-0.25, -0.2) is 4.98 Å². The summed E-state index contributed by atoms with van der Waals surface area (Å²) >= 11 is 6.27. The largest absolute Gasteiger partial charge is 0.508 e. The number of hydrogen-bond acceptors (Lipinski definition) is 7. The Labute approximate surface area is 165 Å². The van der Waals surface area contributed by atoms with Gasteiger partial charge in [0.15, 0.2) is 17.3 Å². The van der Waals surface area contributed by atoms with E-state index in [1.165, 1.54) is 38.7 Å². The van der Waals surface area contributed by atoms with E-state index in [2.05, 4.69) is 15.3 Å². The normalized spacial score (nSPS) is 10.2. The molecule has 8 nitrogen and oxygen atoms in total. The summed E-state index contributed by atoms with van der Waals surface area (Å²) in [5.41, 5.74) is 0.327. The highest BCUT2D eigenvalue weighted by Crippen LogP contribution is 2.33. The molecule has 1 amide bonds. The second-order valence-electron chi connectivity index (χ2n) is 5.46. The number of methoxy groups -OCH3 is 2. The van der Waals surface area contributed by atoms with Crippen LogP contribution in [0.4, 0.5) is 5.82 Å². The van der Waals surface area contributed by atoms with Gasteiger partial charge in [0.05, 0.1) is 14.2 Å². The maximum absolute atomic E-state index is 12.5. The Bertz CT molecular complexity index is 995. The molecule has 0 saturated carbocycles. The number of aromatic nitrogens is 2. The van der Waals surface area contributed by atoms with E-state index >= 15 is 0 Å². The van der Waals surface area contributed by atoms with Crippen LogP contribution in [0.25, 0.3) is 0 Å². The van der Waals surface area contributed by atoms with E-state index in [0.717, 1.165) is 0 Å². The molecule has 0 spiro atoms. The van der Waals surface area contributed by atoms with Crippen molar-refractivity contribution in [1.82, 2.24) is 9.97 Å². The van der Waals surface area contributed by atoms with E-state index in [9.17, 15) is 9.90 Å². The average molecular weight is 402 g/mol. The number of carbonyl (C=O) groups is 1. The molecule has 0 aliphatic rings. The highest BCUT2D eigenvalue weighted by atomic mass is 35.5. The molecule has 1 aromatic heterocycles. The molecule has 0 aliphatic carbocycles. The monoisotopic (exact) mass is 401 g/mol. The van der Waals surface area contributed by atoms with Crippen molar-refractivity contribution in [2.24, 2.45) is 0 Å². The third kappa shape index (κ3) is 4.24. The number of phenolic OH excluding ortho intramolecular Hbond substituents is 1. The molecule has 3 rings (SSSR count). The van der Waals surface area contributed by atoms with Crippen molar-refractivity contribution < 1.29 is 24.1 Å². The number of ether oxygens (including phenoxy) is 3. The van der Waals surface area contributed by atoms with Gasteiger partial charge in [0.2, 0.25) is 5.88 Å². The van der Waals surface area contributed by atoms with Gasteiger partial charge in [0, 0.05) is 5.56 Å². The number of anilines is 1. The second-order valence-corrected chi connectivity index (χ2v) is 5.84. The Kier molecular flexibility index (Phi) is 5.81. The highest BCUT2D eigenvalue weighted by molar-refractivity contribution is 6.34. The van der Waals surface area contributed by atoms with Crippen molar-refractivity contribution in [3.63, 3.8) is 0 Å². The van der Waals surface area contributed by atoms with Crippen molar-refractivity contribution in [2.75, 3.05) is 19.5 Å². The van der Waals surface area contributed by atoms with Crippen molar-refractivity contribution in [3.05, 3.63) is 59.4 Å². The summed E-state index contributed by atoms with van der Waals surface area (Å²) in [4.78, 5) is 20.5. The van der Waals surface area contributed by atoms with Crippen molar-refractivity contribution in [2.45, 2.75) is 0 Å². The molecule has 0 bridgehead atoms. The van der Waals surface area contributed by atoms with Gasteiger partial charge in [-0.1, -0.05) is 11.6 Å². The fourth-order valence-electron chi connectivity index (χ4n) is 2.29. The molecule has 0 fully saturated rings. The molecular formula is C19H16ClN3O5. The molecule has 3 aromatic rings. The van der Waals surface area contributed by atoms with Gasteiger partial charge in [-0.3, -0.25) is 4.79 Å². The van der Waals surface area contributed by atoms with Crippen molar-refractivity contribution >= 4 is 23.3 Å². The molecule has 28 heavy (non-hydrogen) atoms. The van der Waals surface area contributed by atoms with Crippen LogP contribution >= 0.6 is 11.6 Å². The van der Waals surface area contributed by atoms with Gasteiger partial charge in [-0.15, -0.1) is 0 Å². The Morgan fingerprint density at radius 2 is 1.75 bits per heavy atom. The lowest BCUT2D eigenvalue weighted by molar-refractivity contribution is 0.102. The number of nitrogens with zero attached hydrogens (tertiary/aromatic N) is 2. The van der Waals surface area contributed by atoms with Crippen LogP contribution < -0.4 is 19.5 Å². The smallest absolute Gasteiger partial charge is 0.256 e. The molecule has 0 radical (unpaired) electrons. The van der Waals surface area contributed by atoms with Gasteiger partial charge >= 0.3 is 0 Å². The summed E-state index contributed by atoms with van der Waals surface area (Å²) in [6.07, 6.45) is 1.21. The molecule has 9 heteroatoms. The second kappa shape index (κ2) is 8.45. The van der Waals surface area contributed by atoms with Gasteiger partial charge in [0.25, 0.3) is 5.91 Å². The van der Waals surface area contributed by atoms with E-state index in [1.54, 1.807) is 24.3 Å². The van der Waals surface area contributed by atoms with Crippen LogP contribution in [0.15, 0.2) is 48.8 Å². The summed E-state index contributed by atoms with van der Waals surface area (Å²) in [6, 6.07) is 10.8. The number of phenols is 1. The fourth-order valence-corrected chi connectivity index (χ4v) is 2.48. The average Bonchev–Trinajstić information content (AvgIpc) is 2.72. The lowest BCUT2D eigenvalue weighted by Crippen LogP contribution is -2.14. The van der Waals surface area contributed by atoms with Crippen molar-refractivity contribution in [1.29, 1.82) is 0 Å². The SMILES string of the molecule is COc1ccc(C(=O)Nc2ncnc(Oc3ccc(O)cc3)c2Cl)cc1OC. The van der Waals surface area contributed by atoms with Crippen LogP contribution in [-0.4, -0.2) is 35.2 Å². The number of hydrogen-bond donors (Lipinski definition) is 2. The van der Waals surface area contributed by atoms with Gasteiger partial charge in [0.1, 0.15) is 22.8 Å². The standard InChI is InChI=1S/C19H16ClN3O5/c1-26-14-8-3-11(9-15(14)27-2)18(25)23-17-16(20)19(22-10-21-17)28-13-6-4-12(24)5-7-13/h3-10,24H,1-2H3,(H,21,22,23,25). The van der Waals surface area contributed by atoms with Crippen LogP contribution in [0.3, 0.4) is 0 Å². The number of carbonyl (C=O) groups excluding carboxylic acids is 1. The van der Waals surface area contributed by atoms with E-state index in [0.29, 0.717) is 22.8 Å². The zero-order valence-corrected chi connectivity index (χ0v) is 15.7. The maximum Gasteiger partial charge on any atom is 0.256 e. The fraction of sp³-hybridized carbons (Fsp3) is 0.105. The minimum absolute atomic E-state index is 0.0319. The van der Waals surface area contributed by atoms with Crippen LogP contribution in [0, 0.1) is 0 Å². The molecule has 2 aromatic carbocycles. The highest BCUT2D eigenvalue weighted by Gasteiger charge is 2.16. The summed E-state index contributed by atoms with van der Waals surface area (Å²) in [5, 5.41) is 12.0. The minimum Gasteiger partial charge on any atom is -0.508 e. The first kappa shape index (κ1) is 19.2. The lowest BCUT2D eigenvalue weighted by Gasteiger charge is -2.11. The Morgan fingerprint density at radius 3 is 2.43 bits per heavy atom. The van der Waals surface area contributed by atoms with Gasteiger partial charge in [-0.05, 0) is 42.5 Å². The van der Waals surface area contributed by atoms with Gasteiger partial charge in [-0.2, -0.15) is 4.98 Å². The van der Waals surface area contributed by atoms with E-state index < -0.39 is 5.91 Å². The van der Waals surface area contributed by atoms with Crippen LogP contribution in [0.2, 0.25) is 5.02 Å². The van der Waals surface area contributed by atoms with E-state index in [4.69, 9.17) is 25.8 Å². The molecule has 1 heterocycles. The van der Waals surface area contributed by atoms with E-state index in [-0.39, 0.29) is 22.5 Å². The number of amides is 1. The van der Waals surface area contributed by atoms with Crippen molar-refractivity contribution in [3.8, 4) is 28.9 Å². The summed E-state index contributed by atoms with van der Waals surface area (Å²) in [5.74, 6) is 1.14. The predicted molar refractivity (Wildman–Crippen MR) is 103 cm³/mol. The lowest BCUT2D eigenvalue weighted by atomic mass is 10.2. The van der Waals surface area contributed by atoms with Crippen LogP contribution in [0.5, 0.6) is 28.9 Å². The minimum atomic E-state index is -0.447. The zero-order chi connectivity index (χ0) is 20.1. The third-order valence-electron chi connectivity index (χ3n) is 3.69. The number of halogens is 1. The molecule has 144 valence electrons. The zero-order valence-electron chi connectivity index (χ0n) is 15.0. The first-order valence-electron chi connectivity index (χ1n) is 8.02.